The van der Waals surface area contributed by atoms with Crippen molar-refractivity contribution in [3.05, 3.63) is 23.5 Å². The van der Waals surface area contributed by atoms with E-state index in [2.05, 4.69) is 24.1 Å². The molecule has 20 heavy (non-hydrogen) atoms. The predicted molar refractivity (Wildman–Crippen MR) is 75.2 cm³/mol. The number of benzene rings is 1. The second-order valence-corrected chi connectivity index (χ2v) is 5.68. The lowest BCUT2D eigenvalue weighted by atomic mass is 10.1. The van der Waals surface area contributed by atoms with Crippen LogP contribution in [-0.4, -0.2) is 23.1 Å². The van der Waals surface area contributed by atoms with E-state index in [9.17, 15) is 14.3 Å². The molecule has 4 nitrogen and oxygen atoms in total. The zero-order valence-corrected chi connectivity index (χ0v) is 11.7. The lowest BCUT2D eigenvalue weighted by Crippen LogP contribution is -2.34. The third-order valence-electron chi connectivity index (χ3n) is 4.46. The number of aliphatic hydroxyl groups excluding tert-OH is 1. The van der Waals surface area contributed by atoms with Gasteiger partial charge in [0.2, 0.25) is 0 Å². The first-order chi connectivity index (χ1) is 9.52. The Morgan fingerprint density at radius 3 is 2.90 bits per heavy atom. The van der Waals surface area contributed by atoms with E-state index < -0.39 is 12.0 Å². The number of amides is 1. The molecule has 1 aromatic rings. The minimum Gasteiger partial charge on any atom is -0.378 e. The molecular weight excluding hydrogens is 259 g/mol. The van der Waals surface area contributed by atoms with Gasteiger partial charge >= 0.3 is 0 Å². The molecule has 2 N–H and O–H groups in total. The van der Waals surface area contributed by atoms with E-state index in [4.69, 9.17) is 0 Å². The summed E-state index contributed by atoms with van der Waals surface area (Å²) in [6.45, 7) is 4.20. The molecule has 1 saturated heterocycles. The quantitative estimate of drug-likeness (QED) is 0.874. The summed E-state index contributed by atoms with van der Waals surface area (Å²) in [5.41, 5.74) is 1.37. The fourth-order valence-electron chi connectivity index (χ4n) is 3.36. The highest BCUT2D eigenvalue weighted by Crippen LogP contribution is 2.40. The van der Waals surface area contributed by atoms with Crippen molar-refractivity contribution in [1.82, 2.24) is 0 Å². The SMILES string of the molecule is CCC1CCC(C)N1c1cc2c(cc1F)C(O)C(=O)N2. The van der Waals surface area contributed by atoms with Crippen molar-refractivity contribution in [3.8, 4) is 0 Å². The van der Waals surface area contributed by atoms with Gasteiger partial charge in [-0.3, -0.25) is 4.79 Å². The van der Waals surface area contributed by atoms with Crippen LogP contribution < -0.4 is 10.2 Å². The molecule has 1 aromatic carbocycles. The first-order valence-corrected chi connectivity index (χ1v) is 7.13. The van der Waals surface area contributed by atoms with E-state index in [-0.39, 0.29) is 11.9 Å². The monoisotopic (exact) mass is 278 g/mol. The van der Waals surface area contributed by atoms with Crippen molar-refractivity contribution in [2.24, 2.45) is 0 Å². The van der Waals surface area contributed by atoms with Gasteiger partial charge in [0, 0.05) is 23.3 Å². The lowest BCUT2D eigenvalue weighted by molar-refractivity contribution is -0.123. The number of carbonyl (C=O) groups excluding carboxylic acids is 1. The third kappa shape index (κ3) is 1.88. The van der Waals surface area contributed by atoms with Crippen LogP contribution >= 0.6 is 0 Å². The summed E-state index contributed by atoms with van der Waals surface area (Å²) in [7, 11) is 0. The van der Waals surface area contributed by atoms with Crippen molar-refractivity contribution in [1.29, 1.82) is 0 Å². The maximum Gasteiger partial charge on any atom is 0.257 e. The smallest absolute Gasteiger partial charge is 0.257 e. The van der Waals surface area contributed by atoms with E-state index in [1.807, 2.05) is 0 Å². The normalized spacial score (nSPS) is 28.7. The van der Waals surface area contributed by atoms with Gasteiger partial charge < -0.3 is 15.3 Å². The van der Waals surface area contributed by atoms with Gasteiger partial charge in [-0.2, -0.15) is 0 Å². The molecule has 3 rings (SSSR count). The molecule has 1 fully saturated rings. The van der Waals surface area contributed by atoms with Gasteiger partial charge in [0.25, 0.3) is 5.91 Å². The molecule has 1 amide bonds. The molecule has 0 radical (unpaired) electrons. The van der Waals surface area contributed by atoms with Gasteiger partial charge in [-0.25, -0.2) is 4.39 Å². The minimum atomic E-state index is -1.26. The van der Waals surface area contributed by atoms with Crippen LogP contribution in [0.1, 0.15) is 44.8 Å². The first-order valence-electron chi connectivity index (χ1n) is 7.13. The van der Waals surface area contributed by atoms with Crippen molar-refractivity contribution >= 4 is 17.3 Å². The van der Waals surface area contributed by atoms with E-state index in [1.165, 1.54) is 6.07 Å². The standard InChI is InChI=1S/C15H19FN2O2/c1-3-9-5-4-8(2)18(9)13-7-12-10(6-11(13)16)14(19)15(20)17-12/h6-9,14,19H,3-5H2,1-2H3,(H,17,20). The molecular formula is C15H19FN2O2. The zero-order valence-electron chi connectivity index (χ0n) is 11.7. The summed E-state index contributed by atoms with van der Waals surface area (Å²) in [5, 5.41) is 12.3. The van der Waals surface area contributed by atoms with Gasteiger partial charge in [-0.1, -0.05) is 6.92 Å². The Bertz CT molecular complexity index is 561. The van der Waals surface area contributed by atoms with Crippen LogP contribution in [-0.2, 0) is 4.79 Å². The summed E-state index contributed by atoms with van der Waals surface area (Å²) in [6.07, 6.45) is 1.81. The molecule has 3 atom stereocenters. The van der Waals surface area contributed by atoms with Gasteiger partial charge in [0.15, 0.2) is 6.10 Å². The number of aliphatic hydroxyl groups is 1. The molecule has 5 heteroatoms. The highest BCUT2D eigenvalue weighted by molar-refractivity contribution is 6.02. The molecule has 0 saturated carbocycles. The molecule has 0 spiro atoms. The van der Waals surface area contributed by atoms with Crippen LogP contribution in [0.4, 0.5) is 15.8 Å². The molecule has 3 unspecified atom stereocenters. The van der Waals surface area contributed by atoms with E-state index in [0.717, 1.165) is 19.3 Å². The molecule has 2 aliphatic heterocycles. The maximum atomic E-state index is 14.4. The fourth-order valence-corrected chi connectivity index (χ4v) is 3.36. The minimum absolute atomic E-state index is 0.287. The van der Waals surface area contributed by atoms with Crippen LogP contribution in [0.15, 0.2) is 12.1 Å². The Kier molecular flexibility index (Phi) is 3.17. The summed E-state index contributed by atoms with van der Waals surface area (Å²) < 4.78 is 14.4. The van der Waals surface area contributed by atoms with Crippen LogP contribution in [0.25, 0.3) is 0 Å². The van der Waals surface area contributed by atoms with Gasteiger partial charge in [-0.15, -0.1) is 0 Å². The van der Waals surface area contributed by atoms with Crippen LogP contribution in [0, 0.1) is 5.82 Å². The lowest BCUT2D eigenvalue weighted by Gasteiger charge is -2.31. The summed E-state index contributed by atoms with van der Waals surface area (Å²) >= 11 is 0. The number of fused-ring (bicyclic) bond motifs is 1. The number of nitrogens with zero attached hydrogens (tertiary/aromatic N) is 1. The van der Waals surface area contributed by atoms with Gasteiger partial charge in [0.1, 0.15) is 5.82 Å². The van der Waals surface area contributed by atoms with Gasteiger partial charge in [0.05, 0.1) is 5.69 Å². The van der Waals surface area contributed by atoms with Crippen LogP contribution in [0.2, 0.25) is 0 Å². The summed E-state index contributed by atoms with van der Waals surface area (Å²) in [6, 6.07) is 3.56. The summed E-state index contributed by atoms with van der Waals surface area (Å²) in [5.74, 6) is -0.857. The number of hydrogen-bond donors (Lipinski definition) is 2. The fraction of sp³-hybridized carbons (Fsp3) is 0.533. The van der Waals surface area contributed by atoms with E-state index in [0.29, 0.717) is 23.0 Å². The van der Waals surface area contributed by atoms with Crippen molar-refractivity contribution in [2.75, 3.05) is 10.2 Å². The van der Waals surface area contributed by atoms with E-state index in [1.54, 1.807) is 6.07 Å². The zero-order chi connectivity index (χ0) is 14.4. The average molecular weight is 278 g/mol. The predicted octanol–water partition coefficient (Wildman–Crippen LogP) is 2.58. The first kappa shape index (κ1) is 13.4. The Hall–Kier alpha value is -1.62. The molecule has 2 aliphatic rings. The van der Waals surface area contributed by atoms with Crippen molar-refractivity contribution < 1.29 is 14.3 Å². The summed E-state index contributed by atoms with van der Waals surface area (Å²) in [4.78, 5) is 13.6. The third-order valence-corrected chi connectivity index (χ3v) is 4.46. The van der Waals surface area contributed by atoms with Crippen LogP contribution in [0.3, 0.4) is 0 Å². The number of anilines is 2. The Morgan fingerprint density at radius 2 is 2.20 bits per heavy atom. The average Bonchev–Trinajstić information content (AvgIpc) is 2.91. The topological polar surface area (TPSA) is 52.6 Å². The van der Waals surface area contributed by atoms with Crippen molar-refractivity contribution in [2.45, 2.75) is 51.3 Å². The van der Waals surface area contributed by atoms with Gasteiger partial charge in [-0.05, 0) is 38.3 Å². The molecule has 0 aliphatic carbocycles. The molecule has 0 bridgehead atoms. The second kappa shape index (κ2) is 4.74. The van der Waals surface area contributed by atoms with Crippen molar-refractivity contribution in [3.63, 3.8) is 0 Å². The molecule has 108 valence electrons. The molecule has 2 heterocycles. The highest BCUT2D eigenvalue weighted by Gasteiger charge is 2.35. The highest BCUT2D eigenvalue weighted by atomic mass is 19.1. The second-order valence-electron chi connectivity index (χ2n) is 5.68. The maximum absolute atomic E-state index is 14.4. The Labute approximate surface area is 117 Å². The van der Waals surface area contributed by atoms with Crippen LogP contribution in [0.5, 0.6) is 0 Å². The number of hydrogen-bond acceptors (Lipinski definition) is 3. The number of halogens is 1. The Balaban J connectivity index is 2.03. The number of rotatable bonds is 2. The number of nitrogens with one attached hydrogen (secondary N) is 1. The number of carbonyl (C=O) groups is 1. The largest absolute Gasteiger partial charge is 0.378 e. The molecule has 0 aromatic heterocycles. The van der Waals surface area contributed by atoms with E-state index >= 15 is 0 Å². The Morgan fingerprint density at radius 1 is 1.45 bits per heavy atom.